The minimum absolute atomic E-state index is 0.0386. The molecule has 1 heterocycles. The predicted molar refractivity (Wildman–Crippen MR) is 56.7 cm³/mol. The van der Waals surface area contributed by atoms with E-state index in [0.29, 0.717) is 6.20 Å². The molecule has 112 valence electrons. The lowest BCUT2D eigenvalue weighted by molar-refractivity contribution is -0.137. The highest BCUT2D eigenvalue weighted by Crippen LogP contribution is 2.29. The van der Waals surface area contributed by atoms with Gasteiger partial charge in [0.05, 0.1) is 17.4 Å². The van der Waals surface area contributed by atoms with Crippen molar-refractivity contribution < 1.29 is 31.1 Å². The first-order valence-electron chi connectivity index (χ1n) is 5.30. The van der Waals surface area contributed by atoms with Crippen molar-refractivity contribution >= 4 is 5.78 Å². The van der Waals surface area contributed by atoms with E-state index in [1.54, 1.807) is 0 Å². The lowest BCUT2D eigenvalue weighted by atomic mass is 10.2. The fraction of sp³-hybridized carbons (Fsp3) is 0.182. The zero-order chi connectivity index (χ0) is 15.8. The maximum Gasteiger partial charge on any atom is 0.456 e. The van der Waals surface area contributed by atoms with E-state index in [1.165, 1.54) is 0 Å². The van der Waals surface area contributed by atoms with E-state index < -0.39 is 29.4 Å². The van der Waals surface area contributed by atoms with Gasteiger partial charge in [0, 0.05) is 0 Å². The molecule has 0 amide bonds. The number of rotatable bonds is 2. The van der Waals surface area contributed by atoms with E-state index in [4.69, 9.17) is 0 Å². The number of nitrogens with zero attached hydrogens (tertiary/aromatic N) is 3. The van der Waals surface area contributed by atoms with E-state index in [2.05, 4.69) is 10.3 Å². The first kappa shape index (κ1) is 15.0. The number of benzene rings is 1. The summed E-state index contributed by atoms with van der Waals surface area (Å²) in [6.07, 6.45) is -8.93. The van der Waals surface area contributed by atoms with E-state index in [0.717, 1.165) is 28.9 Å². The van der Waals surface area contributed by atoms with Gasteiger partial charge in [0.25, 0.3) is 5.78 Å². The summed E-state index contributed by atoms with van der Waals surface area (Å²) in [6.45, 7) is 0. The maximum absolute atomic E-state index is 12.4. The Bertz CT molecular complexity index is 656. The topological polar surface area (TPSA) is 47.8 Å². The summed E-state index contributed by atoms with van der Waals surface area (Å²) in [7, 11) is 0. The quantitative estimate of drug-likeness (QED) is 0.633. The summed E-state index contributed by atoms with van der Waals surface area (Å²) in [5.41, 5.74) is -1.82. The highest BCUT2D eigenvalue weighted by Gasteiger charge is 2.41. The Balaban J connectivity index is 2.28. The number of alkyl halides is 6. The molecule has 0 aliphatic carbocycles. The zero-order valence-corrected chi connectivity index (χ0v) is 9.90. The first-order valence-corrected chi connectivity index (χ1v) is 5.30. The molecule has 10 heteroatoms. The first-order chi connectivity index (χ1) is 9.59. The minimum Gasteiger partial charge on any atom is -0.282 e. The summed E-state index contributed by atoms with van der Waals surface area (Å²) in [5.74, 6) is -2.18. The molecule has 0 spiro atoms. The monoisotopic (exact) mass is 309 g/mol. The van der Waals surface area contributed by atoms with Crippen LogP contribution in [0.15, 0.2) is 30.5 Å². The van der Waals surface area contributed by atoms with Gasteiger partial charge in [-0.1, -0.05) is 5.21 Å². The molecule has 0 saturated heterocycles. The molecule has 2 aromatic rings. The number of Topliss-reactive ketones (excluding diaryl/α,β-unsaturated/α-hetero) is 1. The Morgan fingerprint density at radius 3 is 2.05 bits per heavy atom. The van der Waals surface area contributed by atoms with Gasteiger partial charge in [-0.05, 0) is 24.3 Å². The lowest BCUT2D eigenvalue weighted by Crippen LogP contribution is -2.23. The van der Waals surface area contributed by atoms with Gasteiger partial charge in [-0.25, -0.2) is 4.68 Å². The fourth-order valence-electron chi connectivity index (χ4n) is 1.44. The van der Waals surface area contributed by atoms with Crippen LogP contribution in [0.5, 0.6) is 0 Å². The van der Waals surface area contributed by atoms with Crippen LogP contribution in [-0.2, 0) is 6.18 Å². The molecule has 4 nitrogen and oxygen atoms in total. The average Bonchev–Trinajstić information content (AvgIpc) is 2.85. The number of hydrogen-bond donors (Lipinski definition) is 0. The molecule has 2 rings (SSSR count). The molecule has 0 aliphatic rings. The van der Waals surface area contributed by atoms with Crippen molar-refractivity contribution in [2.45, 2.75) is 12.4 Å². The molecule has 21 heavy (non-hydrogen) atoms. The summed E-state index contributed by atoms with van der Waals surface area (Å²) in [4.78, 5) is 10.9. The van der Waals surface area contributed by atoms with Crippen LogP contribution in [0.4, 0.5) is 26.3 Å². The predicted octanol–water partition coefficient (Wildman–Crippen LogP) is 3.03. The Hall–Kier alpha value is -2.39. The van der Waals surface area contributed by atoms with Crippen molar-refractivity contribution in [3.63, 3.8) is 0 Å². The van der Waals surface area contributed by atoms with Crippen LogP contribution in [0.3, 0.4) is 0 Å². The Morgan fingerprint density at radius 2 is 1.57 bits per heavy atom. The van der Waals surface area contributed by atoms with Gasteiger partial charge in [-0.15, -0.1) is 5.10 Å². The third-order valence-electron chi connectivity index (χ3n) is 2.44. The number of carbonyl (C=O) groups is 1. The summed E-state index contributed by atoms with van der Waals surface area (Å²) >= 11 is 0. The maximum atomic E-state index is 12.4. The second-order valence-electron chi connectivity index (χ2n) is 3.92. The van der Waals surface area contributed by atoms with Crippen LogP contribution in [0.1, 0.15) is 16.1 Å². The molecule has 0 bridgehead atoms. The van der Waals surface area contributed by atoms with Crippen molar-refractivity contribution in [3.05, 3.63) is 41.7 Å². The van der Waals surface area contributed by atoms with Crippen molar-refractivity contribution in [1.82, 2.24) is 15.0 Å². The molecule has 0 aliphatic heterocycles. The molecule has 0 radical (unpaired) electrons. The Kier molecular flexibility index (Phi) is 3.47. The van der Waals surface area contributed by atoms with Gasteiger partial charge in [0.1, 0.15) is 0 Å². The molecule has 0 saturated carbocycles. The highest BCUT2D eigenvalue weighted by atomic mass is 19.4. The van der Waals surface area contributed by atoms with Gasteiger partial charge in [0.2, 0.25) is 0 Å². The van der Waals surface area contributed by atoms with Crippen molar-refractivity contribution in [3.8, 4) is 5.69 Å². The fourth-order valence-corrected chi connectivity index (χ4v) is 1.44. The molecule has 0 fully saturated rings. The molecule has 0 atom stereocenters. The number of carbonyl (C=O) groups excluding carboxylic acids is 1. The number of hydrogen-bond acceptors (Lipinski definition) is 3. The second-order valence-corrected chi connectivity index (χ2v) is 3.92. The smallest absolute Gasteiger partial charge is 0.282 e. The van der Waals surface area contributed by atoms with Gasteiger partial charge >= 0.3 is 12.4 Å². The zero-order valence-electron chi connectivity index (χ0n) is 9.90. The van der Waals surface area contributed by atoms with Crippen molar-refractivity contribution in [2.24, 2.45) is 0 Å². The normalized spacial score (nSPS) is 12.5. The molecule has 0 N–H and O–H groups in total. The van der Waals surface area contributed by atoms with Crippen molar-refractivity contribution in [2.75, 3.05) is 0 Å². The minimum atomic E-state index is -5.10. The third kappa shape index (κ3) is 3.20. The van der Waals surface area contributed by atoms with E-state index in [9.17, 15) is 31.1 Å². The SMILES string of the molecule is O=C(c1cn(-c2ccc(C(F)(F)F)cc2)nn1)C(F)(F)F. The van der Waals surface area contributed by atoms with Crippen molar-refractivity contribution in [1.29, 1.82) is 0 Å². The molecular weight excluding hydrogens is 304 g/mol. The van der Waals surface area contributed by atoms with Crippen LogP contribution in [0, 0.1) is 0 Å². The Morgan fingerprint density at radius 1 is 1.00 bits per heavy atom. The van der Waals surface area contributed by atoms with E-state index >= 15 is 0 Å². The standard InChI is InChI=1S/C11H5F6N3O/c12-10(13,14)6-1-3-7(4-2-6)20-5-8(18-19-20)9(21)11(15,16)17/h1-5H. The summed E-state index contributed by atoms with van der Waals surface area (Å²) in [6, 6.07) is 3.48. The van der Waals surface area contributed by atoms with E-state index in [1.807, 2.05) is 0 Å². The van der Waals surface area contributed by atoms with Gasteiger partial charge in [-0.3, -0.25) is 4.79 Å². The molecule has 0 unspecified atom stereocenters. The van der Waals surface area contributed by atoms with Crippen LogP contribution in [-0.4, -0.2) is 27.0 Å². The average molecular weight is 309 g/mol. The van der Waals surface area contributed by atoms with Crippen LogP contribution in [0.25, 0.3) is 5.69 Å². The van der Waals surface area contributed by atoms with Gasteiger partial charge < -0.3 is 0 Å². The van der Waals surface area contributed by atoms with Crippen LogP contribution >= 0.6 is 0 Å². The molecule has 1 aromatic carbocycles. The number of halogens is 6. The molecular formula is C11H5F6N3O. The van der Waals surface area contributed by atoms with Crippen LogP contribution < -0.4 is 0 Å². The highest BCUT2D eigenvalue weighted by molar-refractivity contribution is 5.98. The molecule has 1 aromatic heterocycles. The number of ketones is 1. The third-order valence-corrected chi connectivity index (χ3v) is 2.44. The van der Waals surface area contributed by atoms with E-state index in [-0.39, 0.29) is 5.69 Å². The summed E-state index contributed by atoms with van der Waals surface area (Å²) in [5, 5.41) is 6.33. The van der Waals surface area contributed by atoms with Gasteiger partial charge in [0.15, 0.2) is 5.69 Å². The second kappa shape index (κ2) is 4.86. The Labute approximate surface area is 113 Å². The largest absolute Gasteiger partial charge is 0.456 e. The van der Waals surface area contributed by atoms with Crippen LogP contribution in [0.2, 0.25) is 0 Å². The van der Waals surface area contributed by atoms with Gasteiger partial charge in [-0.2, -0.15) is 26.3 Å². The summed E-state index contributed by atoms with van der Waals surface area (Å²) < 4.78 is 74.4. The number of aromatic nitrogens is 3. The lowest BCUT2D eigenvalue weighted by Gasteiger charge is -2.07.